The SMILES string of the molecule is COc1ccccc1CNC(=O)c1c(C)nn(C)c1C. The van der Waals surface area contributed by atoms with Gasteiger partial charge in [-0.2, -0.15) is 5.10 Å². The Morgan fingerprint density at radius 1 is 1.35 bits per heavy atom. The van der Waals surface area contributed by atoms with Crippen LogP contribution in [-0.2, 0) is 13.6 Å². The summed E-state index contributed by atoms with van der Waals surface area (Å²) >= 11 is 0. The number of hydrogen-bond donors (Lipinski definition) is 1. The van der Waals surface area contributed by atoms with Gasteiger partial charge in [0.15, 0.2) is 0 Å². The van der Waals surface area contributed by atoms with Crippen LogP contribution in [0.2, 0.25) is 0 Å². The molecule has 0 atom stereocenters. The van der Waals surface area contributed by atoms with Crippen molar-refractivity contribution in [1.82, 2.24) is 15.1 Å². The van der Waals surface area contributed by atoms with Crippen LogP contribution in [0.25, 0.3) is 0 Å². The first-order chi connectivity index (χ1) is 9.54. The van der Waals surface area contributed by atoms with Gasteiger partial charge in [0.05, 0.1) is 18.4 Å². The fourth-order valence-electron chi connectivity index (χ4n) is 2.22. The summed E-state index contributed by atoms with van der Waals surface area (Å²) in [6.07, 6.45) is 0. The number of ether oxygens (including phenoxy) is 1. The molecule has 0 saturated heterocycles. The normalized spacial score (nSPS) is 10.4. The summed E-state index contributed by atoms with van der Waals surface area (Å²) in [5, 5.41) is 7.16. The van der Waals surface area contributed by atoms with Crippen LogP contribution in [0.5, 0.6) is 5.75 Å². The number of rotatable bonds is 4. The number of aryl methyl sites for hydroxylation is 2. The predicted molar refractivity (Wildman–Crippen MR) is 76.8 cm³/mol. The van der Waals surface area contributed by atoms with Crippen molar-refractivity contribution in [3.05, 3.63) is 46.8 Å². The number of amides is 1. The molecule has 0 aliphatic heterocycles. The largest absolute Gasteiger partial charge is 0.496 e. The van der Waals surface area contributed by atoms with Crippen molar-refractivity contribution in [2.24, 2.45) is 7.05 Å². The summed E-state index contributed by atoms with van der Waals surface area (Å²) < 4.78 is 6.98. The molecule has 106 valence electrons. The molecule has 1 amide bonds. The standard InChI is InChI=1S/C15H19N3O2/c1-10-14(11(2)18(3)17-10)15(19)16-9-12-7-5-6-8-13(12)20-4/h5-8H,9H2,1-4H3,(H,16,19). The van der Waals surface area contributed by atoms with Gasteiger partial charge in [-0.15, -0.1) is 0 Å². The van der Waals surface area contributed by atoms with Gasteiger partial charge >= 0.3 is 0 Å². The molecule has 2 aromatic rings. The lowest BCUT2D eigenvalue weighted by Crippen LogP contribution is -2.24. The monoisotopic (exact) mass is 273 g/mol. The molecule has 1 N–H and O–H groups in total. The summed E-state index contributed by atoms with van der Waals surface area (Å²) in [7, 11) is 3.45. The molecule has 0 unspecified atom stereocenters. The predicted octanol–water partition coefficient (Wildman–Crippen LogP) is 1.98. The first-order valence-electron chi connectivity index (χ1n) is 6.45. The number of nitrogens with one attached hydrogen (secondary N) is 1. The number of methoxy groups -OCH3 is 1. The van der Waals surface area contributed by atoms with Crippen LogP contribution in [0.4, 0.5) is 0 Å². The molecule has 0 aliphatic carbocycles. The maximum absolute atomic E-state index is 12.3. The Balaban J connectivity index is 2.13. The highest BCUT2D eigenvalue weighted by Gasteiger charge is 2.17. The molecule has 5 heteroatoms. The second-order valence-electron chi connectivity index (χ2n) is 4.66. The highest BCUT2D eigenvalue weighted by atomic mass is 16.5. The summed E-state index contributed by atoms with van der Waals surface area (Å²) in [5.74, 6) is 0.659. The van der Waals surface area contributed by atoms with E-state index in [1.54, 1.807) is 11.8 Å². The molecular weight excluding hydrogens is 254 g/mol. The van der Waals surface area contributed by atoms with E-state index in [-0.39, 0.29) is 5.91 Å². The number of carbonyl (C=O) groups is 1. The molecule has 0 bridgehead atoms. The number of carbonyl (C=O) groups excluding carboxylic acids is 1. The van der Waals surface area contributed by atoms with E-state index in [9.17, 15) is 4.79 Å². The maximum atomic E-state index is 12.3. The van der Waals surface area contributed by atoms with Crippen molar-refractivity contribution in [2.45, 2.75) is 20.4 Å². The second-order valence-corrected chi connectivity index (χ2v) is 4.66. The van der Waals surface area contributed by atoms with Gasteiger partial charge in [-0.05, 0) is 19.9 Å². The zero-order valence-corrected chi connectivity index (χ0v) is 12.2. The smallest absolute Gasteiger partial charge is 0.255 e. The molecule has 0 radical (unpaired) electrons. The highest BCUT2D eigenvalue weighted by molar-refractivity contribution is 5.96. The number of benzene rings is 1. The van der Waals surface area contributed by atoms with Crippen LogP contribution >= 0.6 is 0 Å². The zero-order chi connectivity index (χ0) is 14.7. The Morgan fingerprint density at radius 3 is 2.65 bits per heavy atom. The van der Waals surface area contributed by atoms with Crippen molar-refractivity contribution in [3.8, 4) is 5.75 Å². The fraction of sp³-hybridized carbons (Fsp3) is 0.333. The van der Waals surface area contributed by atoms with Crippen LogP contribution in [0.15, 0.2) is 24.3 Å². The Labute approximate surface area is 118 Å². The highest BCUT2D eigenvalue weighted by Crippen LogP contribution is 2.17. The van der Waals surface area contributed by atoms with Crippen molar-refractivity contribution < 1.29 is 9.53 Å². The van der Waals surface area contributed by atoms with E-state index >= 15 is 0 Å². The number of para-hydroxylation sites is 1. The van der Waals surface area contributed by atoms with Gasteiger partial charge in [-0.1, -0.05) is 18.2 Å². The van der Waals surface area contributed by atoms with E-state index in [4.69, 9.17) is 4.74 Å². The molecule has 5 nitrogen and oxygen atoms in total. The van der Waals surface area contributed by atoms with E-state index in [1.807, 2.05) is 45.2 Å². The lowest BCUT2D eigenvalue weighted by atomic mass is 10.1. The van der Waals surface area contributed by atoms with Crippen LogP contribution in [0.1, 0.15) is 27.3 Å². The second kappa shape index (κ2) is 5.77. The molecule has 1 aromatic heterocycles. The van der Waals surface area contributed by atoms with Gasteiger partial charge < -0.3 is 10.1 Å². The number of hydrogen-bond acceptors (Lipinski definition) is 3. The molecule has 2 rings (SSSR count). The van der Waals surface area contributed by atoms with Gasteiger partial charge in [0, 0.05) is 24.8 Å². The van der Waals surface area contributed by atoms with Crippen LogP contribution < -0.4 is 10.1 Å². The molecule has 1 heterocycles. The van der Waals surface area contributed by atoms with E-state index < -0.39 is 0 Å². The Kier molecular flexibility index (Phi) is 4.08. The fourth-order valence-corrected chi connectivity index (χ4v) is 2.22. The topological polar surface area (TPSA) is 56.1 Å². The Hall–Kier alpha value is -2.30. The Morgan fingerprint density at radius 2 is 2.05 bits per heavy atom. The minimum atomic E-state index is -0.112. The third kappa shape index (κ3) is 2.66. The van der Waals surface area contributed by atoms with Gasteiger partial charge in [-0.25, -0.2) is 0 Å². The van der Waals surface area contributed by atoms with E-state index in [1.165, 1.54) is 0 Å². The lowest BCUT2D eigenvalue weighted by molar-refractivity contribution is 0.0949. The van der Waals surface area contributed by atoms with Crippen molar-refractivity contribution in [3.63, 3.8) is 0 Å². The van der Waals surface area contributed by atoms with Gasteiger partial charge in [0.1, 0.15) is 5.75 Å². The van der Waals surface area contributed by atoms with Gasteiger partial charge in [0.2, 0.25) is 0 Å². The minimum absolute atomic E-state index is 0.112. The summed E-state index contributed by atoms with van der Waals surface area (Å²) in [4.78, 5) is 12.3. The minimum Gasteiger partial charge on any atom is -0.496 e. The Bertz CT molecular complexity index is 632. The van der Waals surface area contributed by atoms with E-state index in [0.717, 1.165) is 22.7 Å². The van der Waals surface area contributed by atoms with Crippen molar-refractivity contribution in [2.75, 3.05) is 7.11 Å². The molecule has 0 fully saturated rings. The van der Waals surface area contributed by atoms with E-state index in [2.05, 4.69) is 10.4 Å². The average molecular weight is 273 g/mol. The van der Waals surface area contributed by atoms with Crippen LogP contribution in [0, 0.1) is 13.8 Å². The third-order valence-corrected chi connectivity index (χ3v) is 3.37. The summed E-state index contributed by atoms with van der Waals surface area (Å²) in [5.41, 5.74) is 3.19. The molecule has 0 spiro atoms. The molecule has 1 aromatic carbocycles. The molecule has 0 saturated carbocycles. The maximum Gasteiger partial charge on any atom is 0.255 e. The van der Waals surface area contributed by atoms with Crippen molar-refractivity contribution in [1.29, 1.82) is 0 Å². The van der Waals surface area contributed by atoms with Crippen molar-refractivity contribution >= 4 is 5.91 Å². The lowest BCUT2D eigenvalue weighted by Gasteiger charge is -2.09. The summed E-state index contributed by atoms with van der Waals surface area (Å²) in [6, 6.07) is 7.63. The first kappa shape index (κ1) is 14.1. The van der Waals surface area contributed by atoms with Gasteiger partial charge in [0.25, 0.3) is 5.91 Å². The number of nitrogens with zero attached hydrogens (tertiary/aromatic N) is 2. The zero-order valence-electron chi connectivity index (χ0n) is 12.2. The van der Waals surface area contributed by atoms with E-state index in [0.29, 0.717) is 12.1 Å². The van der Waals surface area contributed by atoms with Crippen LogP contribution in [-0.4, -0.2) is 22.8 Å². The first-order valence-corrected chi connectivity index (χ1v) is 6.45. The third-order valence-electron chi connectivity index (χ3n) is 3.37. The number of aromatic nitrogens is 2. The summed E-state index contributed by atoms with van der Waals surface area (Å²) in [6.45, 7) is 4.15. The van der Waals surface area contributed by atoms with Crippen LogP contribution in [0.3, 0.4) is 0 Å². The molecular formula is C15H19N3O2. The quantitative estimate of drug-likeness (QED) is 0.926. The molecule has 0 aliphatic rings. The molecule has 20 heavy (non-hydrogen) atoms. The van der Waals surface area contributed by atoms with Gasteiger partial charge in [-0.3, -0.25) is 9.48 Å². The average Bonchev–Trinajstić information content (AvgIpc) is 2.70.